The molecule has 3 aromatic heterocycles. The van der Waals surface area contributed by atoms with E-state index >= 15 is 0 Å². The summed E-state index contributed by atoms with van der Waals surface area (Å²) in [6.45, 7) is 2.16. The van der Waals surface area contributed by atoms with Crippen LogP contribution in [0.3, 0.4) is 0 Å². The Balaban J connectivity index is 1.18. The van der Waals surface area contributed by atoms with Crippen molar-refractivity contribution in [1.82, 2.24) is 24.1 Å². The summed E-state index contributed by atoms with van der Waals surface area (Å²) >= 11 is 0. The minimum absolute atomic E-state index is 0.590. The maximum atomic E-state index is 5.09. The number of fused-ring (bicyclic) bond motifs is 6. The average Bonchev–Trinajstić information content (AvgIpc) is 3.70. The van der Waals surface area contributed by atoms with Crippen LogP contribution in [-0.4, -0.2) is 24.1 Å². The highest BCUT2D eigenvalue weighted by Crippen LogP contribution is 2.38. The van der Waals surface area contributed by atoms with Crippen molar-refractivity contribution in [3.05, 3.63) is 175 Å². The maximum Gasteiger partial charge on any atom is 0.238 e. The number of hydrogen-bond donors (Lipinski definition) is 0. The van der Waals surface area contributed by atoms with Gasteiger partial charge in [0.25, 0.3) is 0 Å². The molecule has 0 aliphatic rings. The van der Waals surface area contributed by atoms with Gasteiger partial charge in [-0.05, 0) is 72.6 Å². The fourth-order valence-electron chi connectivity index (χ4n) is 7.44. The first-order valence-corrected chi connectivity index (χ1v) is 17.2. The molecular weight excluding hydrogens is 623 g/mol. The van der Waals surface area contributed by atoms with Crippen LogP contribution in [0.1, 0.15) is 5.56 Å². The van der Waals surface area contributed by atoms with Gasteiger partial charge in [0.15, 0.2) is 11.6 Å². The Bertz CT molecular complexity index is 2850. The number of aryl methyl sites for hydroxylation is 1. The second-order valence-electron chi connectivity index (χ2n) is 13.0. The van der Waals surface area contributed by atoms with E-state index in [-0.39, 0.29) is 0 Å². The fourth-order valence-corrected chi connectivity index (χ4v) is 7.44. The number of nitrogens with zero attached hydrogens (tertiary/aromatic N) is 5. The maximum absolute atomic E-state index is 5.09. The van der Waals surface area contributed by atoms with Crippen LogP contribution in [-0.2, 0) is 0 Å². The van der Waals surface area contributed by atoms with Crippen LogP contribution >= 0.6 is 0 Å². The lowest BCUT2D eigenvalue weighted by Gasteiger charge is -2.11. The fraction of sp³-hybridized carbons (Fsp3) is 0.0217. The molecule has 0 fully saturated rings. The van der Waals surface area contributed by atoms with Gasteiger partial charge < -0.3 is 4.57 Å². The highest BCUT2D eigenvalue weighted by atomic mass is 15.2. The molecule has 51 heavy (non-hydrogen) atoms. The number of aromatic nitrogens is 5. The first-order chi connectivity index (χ1) is 25.2. The van der Waals surface area contributed by atoms with Gasteiger partial charge in [0.1, 0.15) is 0 Å². The molecule has 0 amide bonds. The Morgan fingerprint density at radius 2 is 0.824 bits per heavy atom. The summed E-state index contributed by atoms with van der Waals surface area (Å²) in [6, 6.07) is 59.7. The van der Waals surface area contributed by atoms with Crippen molar-refractivity contribution in [2.45, 2.75) is 6.92 Å². The van der Waals surface area contributed by atoms with Crippen molar-refractivity contribution in [2.24, 2.45) is 0 Å². The Kier molecular flexibility index (Phi) is 6.64. The minimum atomic E-state index is 0.590. The van der Waals surface area contributed by atoms with Crippen molar-refractivity contribution in [3.8, 4) is 45.5 Å². The average molecular weight is 654 g/mol. The Morgan fingerprint density at radius 3 is 1.45 bits per heavy atom. The van der Waals surface area contributed by atoms with E-state index in [1.807, 2.05) is 60.7 Å². The second-order valence-corrected chi connectivity index (χ2v) is 13.0. The van der Waals surface area contributed by atoms with Gasteiger partial charge in [-0.15, -0.1) is 0 Å². The highest BCUT2D eigenvalue weighted by Gasteiger charge is 2.19. The van der Waals surface area contributed by atoms with Crippen molar-refractivity contribution in [2.75, 3.05) is 0 Å². The molecule has 5 heteroatoms. The molecule has 10 rings (SSSR count). The third-order valence-electron chi connectivity index (χ3n) is 9.83. The zero-order chi connectivity index (χ0) is 33.9. The van der Waals surface area contributed by atoms with E-state index < -0.39 is 0 Å². The van der Waals surface area contributed by atoms with Gasteiger partial charge >= 0.3 is 0 Å². The smallest absolute Gasteiger partial charge is 0.238 e. The van der Waals surface area contributed by atoms with Gasteiger partial charge in [-0.2, -0.15) is 9.97 Å². The predicted octanol–water partition coefficient (Wildman–Crippen LogP) is 11.4. The van der Waals surface area contributed by atoms with Gasteiger partial charge in [-0.1, -0.05) is 121 Å². The van der Waals surface area contributed by atoms with Crippen molar-refractivity contribution in [1.29, 1.82) is 0 Å². The zero-order valence-corrected chi connectivity index (χ0v) is 27.9. The van der Waals surface area contributed by atoms with Crippen LogP contribution < -0.4 is 0 Å². The second kappa shape index (κ2) is 11.6. The van der Waals surface area contributed by atoms with Gasteiger partial charge in [0, 0.05) is 38.4 Å². The molecular formula is C46H31N5. The standard InChI is InChI=1S/C46H31N5/c1-30-21-24-41-37(27-30)39-29-34(22-25-42(39)50(41)35-17-9-4-10-18-35)33-23-26-43-38(28-33)36-19-11-12-20-40(36)51(43)46-48-44(31-13-5-2-6-14-31)47-45(49-46)32-15-7-3-8-16-32/h2-29H,1H3. The Hall–Kier alpha value is -6.85. The van der Waals surface area contributed by atoms with Crippen LogP contribution in [0.4, 0.5) is 0 Å². The largest absolute Gasteiger partial charge is 0.309 e. The lowest BCUT2D eigenvalue weighted by atomic mass is 10.0. The Labute approximate surface area is 294 Å². The van der Waals surface area contributed by atoms with Crippen molar-refractivity contribution >= 4 is 43.6 Å². The summed E-state index contributed by atoms with van der Waals surface area (Å²) in [5.74, 6) is 1.87. The SMILES string of the molecule is Cc1ccc2c(c1)c1cc(-c3ccc4c(c3)c3ccccc3n4-c3nc(-c4ccccc4)nc(-c4ccccc4)n3)ccc1n2-c1ccccc1. The molecule has 0 aliphatic heterocycles. The lowest BCUT2D eigenvalue weighted by Crippen LogP contribution is -2.06. The molecule has 3 heterocycles. The van der Waals surface area contributed by atoms with E-state index in [4.69, 9.17) is 15.0 Å². The van der Waals surface area contributed by atoms with Gasteiger partial charge in [0.2, 0.25) is 5.95 Å². The molecule has 0 saturated carbocycles. The summed E-state index contributed by atoms with van der Waals surface area (Å²) in [7, 11) is 0. The van der Waals surface area contributed by atoms with Gasteiger partial charge in [-0.3, -0.25) is 4.57 Å². The summed E-state index contributed by atoms with van der Waals surface area (Å²) in [6.07, 6.45) is 0. The molecule has 0 atom stereocenters. The number of hydrogen-bond acceptors (Lipinski definition) is 3. The topological polar surface area (TPSA) is 48.5 Å². The monoisotopic (exact) mass is 653 g/mol. The van der Waals surface area contributed by atoms with Crippen molar-refractivity contribution < 1.29 is 0 Å². The molecule has 240 valence electrons. The molecule has 0 saturated heterocycles. The summed E-state index contributed by atoms with van der Waals surface area (Å²) < 4.78 is 4.54. The summed E-state index contributed by atoms with van der Waals surface area (Å²) in [5, 5.41) is 4.79. The normalized spacial score (nSPS) is 11.6. The van der Waals surface area contributed by atoms with E-state index in [0.29, 0.717) is 17.6 Å². The van der Waals surface area contributed by atoms with E-state index in [2.05, 4.69) is 125 Å². The number of para-hydroxylation sites is 2. The molecule has 0 N–H and O–H groups in total. The lowest BCUT2D eigenvalue weighted by molar-refractivity contribution is 0.953. The summed E-state index contributed by atoms with van der Waals surface area (Å²) in [5.41, 5.74) is 11.1. The minimum Gasteiger partial charge on any atom is -0.309 e. The van der Waals surface area contributed by atoms with E-state index in [1.165, 1.54) is 32.9 Å². The first kappa shape index (κ1) is 29.1. The van der Waals surface area contributed by atoms with Crippen molar-refractivity contribution in [3.63, 3.8) is 0 Å². The van der Waals surface area contributed by atoms with E-state index in [9.17, 15) is 0 Å². The van der Waals surface area contributed by atoms with E-state index in [0.717, 1.165) is 44.2 Å². The van der Waals surface area contributed by atoms with E-state index in [1.54, 1.807) is 0 Å². The first-order valence-electron chi connectivity index (χ1n) is 17.2. The molecule has 10 aromatic rings. The quantitative estimate of drug-likeness (QED) is 0.186. The molecule has 7 aromatic carbocycles. The zero-order valence-electron chi connectivity index (χ0n) is 27.9. The number of rotatable bonds is 5. The molecule has 0 aliphatic carbocycles. The highest BCUT2D eigenvalue weighted by molar-refractivity contribution is 6.12. The molecule has 0 unspecified atom stereocenters. The molecule has 0 bridgehead atoms. The van der Waals surface area contributed by atoms with Crippen LogP contribution in [0.5, 0.6) is 0 Å². The predicted molar refractivity (Wildman–Crippen MR) is 210 cm³/mol. The third kappa shape index (κ3) is 4.82. The molecule has 0 radical (unpaired) electrons. The van der Waals surface area contributed by atoms with Crippen LogP contribution in [0, 0.1) is 6.92 Å². The molecule has 0 spiro atoms. The number of benzene rings is 7. The van der Waals surface area contributed by atoms with Crippen LogP contribution in [0.25, 0.3) is 89.2 Å². The van der Waals surface area contributed by atoms with Gasteiger partial charge in [-0.25, -0.2) is 4.98 Å². The Morgan fingerprint density at radius 1 is 0.353 bits per heavy atom. The summed E-state index contributed by atoms with van der Waals surface area (Å²) in [4.78, 5) is 15.1. The van der Waals surface area contributed by atoms with Crippen LogP contribution in [0.15, 0.2) is 170 Å². The van der Waals surface area contributed by atoms with Crippen LogP contribution in [0.2, 0.25) is 0 Å². The molecule has 5 nitrogen and oxygen atoms in total. The third-order valence-corrected chi connectivity index (χ3v) is 9.83. The van der Waals surface area contributed by atoms with Gasteiger partial charge in [0.05, 0.1) is 22.1 Å².